The van der Waals surface area contributed by atoms with Gasteiger partial charge in [-0.25, -0.2) is 0 Å². The van der Waals surface area contributed by atoms with Gasteiger partial charge in [0.05, 0.1) is 6.61 Å². The molecule has 0 atom stereocenters. The molecule has 0 aliphatic carbocycles. The molecule has 2 heteroatoms. The number of allylic oxidation sites excluding steroid dienone is 3. The second kappa shape index (κ2) is 24.4. The predicted octanol–water partition coefficient (Wildman–Crippen LogP) is 7.98. The summed E-state index contributed by atoms with van der Waals surface area (Å²) in [7, 11) is 0. The summed E-state index contributed by atoms with van der Waals surface area (Å²) in [5.41, 5.74) is 0. The fourth-order valence-electron chi connectivity index (χ4n) is 2.81. The van der Waals surface area contributed by atoms with Gasteiger partial charge < -0.3 is 9.47 Å². The zero-order valence-electron chi connectivity index (χ0n) is 17.9. The lowest BCUT2D eigenvalue weighted by molar-refractivity contribution is -0.0531. The van der Waals surface area contributed by atoms with Gasteiger partial charge in [0, 0.05) is 6.61 Å². The van der Waals surface area contributed by atoms with E-state index in [1.165, 1.54) is 83.5 Å². The minimum Gasteiger partial charge on any atom is -0.355 e. The number of hydrogen-bond donors (Lipinski definition) is 0. The molecule has 0 unspecified atom stereocenters. The third kappa shape index (κ3) is 23.4. The Morgan fingerprint density at radius 3 is 1.58 bits per heavy atom. The summed E-state index contributed by atoms with van der Waals surface area (Å²) in [6, 6.07) is 0. The number of rotatable bonds is 21. The molecular weight excluding hydrogens is 320 g/mol. The molecule has 0 aliphatic rings. The number of ether oxygens (including phenoxy) is 2. The minimum atomic E-state index is 0.450. The third-order valence-electron chi connectivity index (χ3n) is 4.54. The average molecular weight is 367 g/mol. The van der Waals surface area contributed by atoms with E-state index in [1.54, 1.807) is 0 Å². The largest absolute Gasteiger partial charge is 0.355 e. The second-order valence-corrected chi connectivity index (χ2v) is 7.21. The zero-order valence-corrected chi connectivity index (χ0v) is 17.9. The van der Waals surface area contributed by atoms with Gasteiger partial charge in [-0.3, -0.25) is 0 Å². The first-order valence-electron chi connectivity index (χ1n) is 11.4. The standard InChI is InChI=1S/C24H46O2/c1-3-5-7-8-9-10-11-12-13-14-15-16-17-18-19-21-23-26-24-25-22-20-6-4-2/h8-9,18-19H,3-7,10-17,20-24H2,1-2H3/b9-8-,19-18+. The normalized spacial score (nSPS) is 11.9. The van der Waals surface area contributed by atoms with Crippen LogP contribution in [0, 0.1) is 0 Å². The molecule has 0 fully saturated rings. The van der Waals surface area contributed by atoms with Crippen molar-refractivity contribution in [1.82, 2.24) is 0 Å². The van der Waals surface area contributed by atoms with Crippen LogP contribution in [0.5, 0.6) is 0 Å². The van der Waals surface area contributed by atoms with E-state index in [9.17, 15) is 0 Å². The Bertz CT molecular complexity index is 297. The molecular formula is C24H46O2. The van der Waals surface area contributed by atoms with Crippen molar-refractivity contribution < 1.29 is 9.47 Å². The van der Waals surface area contributed by atoms with E-state index in [0.717, 1.165) is 26.1 Å². The molecule has 0 N–H and O–H groups in total. The zero-order chi connectivity index (χ0) is 19.0. The molecule has 0 heterocycles. The Kier molecular flexibility index (Phi) is 23.8. The lowest BCUT2D eigenvalue weighted by atomic mass is 10.1. The number of unbranched alkanes of at least 4 members (excludes halogenated alkanes) is 11. The van der Waals surface area contributed by atoms with Gasteiger partial charge in [-0.15, -0.1) is 0 Å². The Morgan fingerprint density at radius 2 is 0.962 bits per heavy atom. The van der Waals surface area contributed by atoms with Crippen LogP contribution in [-0.2, 0) is 9.47 Å². The quantitative estimate of drug-likeness (QED) is 0.116. The highest BCUT2D eigenvalue weighted by Crippen LogP contribution is 2.09. The molecule has 0 aromatic rings. The van der Waals surface area contributed by atoms with Crippen LogP contribution in [0.25, 0.3) is 0 Å². The summed E-state index contributed by atoms with van der Waals surface area (Å²) in [5.74, 6) is 0. The highest BCUT2D eigenvalue weighted by Gasteiger charge is 1.91. The Balaban J connectivity index is 3.09. The maximum Gasteiger partial charge on any atom is 0.146 e. The van der Waals surface area contributed by atoms with E-state index in [2.05, 4.69) is 38.2 Å². The lowest BCUT2D eigenvalue weighted by Gasteiger charge is -2.04. The van der Waals surface area contributed by atoms with Gasteiger partial charge in [-0.2, -0.15) is 0 Å². The van der Waals surface area contributed by atoms with Crippen molar-refractivity contribution >= 4 is 0 Å². The van der Waals surface area contributed by atoms with Crippen molar-refractivity contribution in [2.75, 3.05) is 20.0 Å². The smallest absolute Gasteiger partial charge is 0.146 e. The molecule has 26 heavy (non-hydrogen) atoms. The Hall–Kier alpha value is -0.600. The molecule has 0 rings (SSSR count). The summed E-state index contributed by atoms with van der Waals surface area (Å²) in [5, 5.41) is 0. The molecule has 0 bridgehead atoms. The molecule has 0 aromatic carbocycles. The summed E-state index contributed by atoms with van der Waals surface area (Å²) in [4.78, 5) is 0. The summed E-state index contributed by atoms with van der Waals surface area (Å²) < 4.78 is 10.9. The van der Waals surface area contributed by atoms with Crippen LogP contribution in [-0.4, -0.2) is 20.0 Å². The van der Waals surface area contributed by atoms with Crippen molar-refractivity contribution in [3.8, 4) is 0 Å². The van der Waals surface area contributed by atoms with E-state index in [-0.39, 0.29) is 0 Å². The SMILES string of the molecule is CCCC/C=C\CCCCCCCC/C=C/CCOCOCCCCC. The van der Waals surface area contributed by atoms with Gasteiger partial charge in [-0.05, 0) is 44.9 Å². The first-order chi connectivity index (χ1) is 12.9. The molecule has 0 aliphatic heterocycles. The van der Waals surface area contributed by atoms with Gasteiger partial charge in [0.25, 0.3) is 0 Å². The Morgan fingerprint density at radius 1 is 0.462 bits per heavy atom. The third-order valence-corrected chi connectivity index (χ3v) is 4.54. The summed E-state index contributed by atoms with van der Waals surface area (Å²) >= 11 is 0. The average Bonchev–Trinajstić information content (AvgIpc) is 2.66. The van der Waals surface area contributed by atoms with Crippen molar-refractivity contribution in [2.24, 2.45) is 0 Å². The summed E-state index contributed by atoms with van der Waals surface area (Å²) in [6.45, 7) is 6.52. The topological polar surface area (TPSA) is 18.5 Å². The predicted molar refractivity (Wildman–Crippen MR) is 116 cm³/mol. The van der Waals surface area contributed by atoms with Crippen LogP contribution in [0.15, 0.2) is 24.3 Å². The second-order valence-electron chi connectivity index (χ2n) is 7.21. The molecule has 0 spiro atoms. The van der Waals surface area contributed by atoms with Crippen LogP contribution < -0.4 is 0 Å². The van der Waals surface area contributed by atoms with Gasteiger partial charge >= 0.3 is 0 Å². The van der Waals surface area contributed by atoms with E-state index >= 15 is 0 Å². The van der Waals surface area contributed by atoms with Crippen LogP contribution in [0.3, 0.4) is 0 Å². The van der Waals surface area contributed by atoms with Crippen LogP contribution in [0.2, 0.25) is 0 Å². The van der Waals surface area contributed by atoms with E-state index in [4.69, 9.17) is 9.47 Å². The molecule has 2 nitrogen and oxygen atoms in total. The van der Waals surface area contributed by atoms with E-state index in [0.29, 0.717) is 6.79 Å². The van der Waals surface area contributed by atoms with Crippen molar-refractivity contribution in [3.05, 3.63) is 24.3 Å². The van der Waals surface area contributed by atoms with Crippen LogP contribution >= 0.6 is 0 Å². The molecule has 0 radical (unpaired) electrons. The lowest BCUT2D eigenvalue weighted by Crippen LogP contribution is -2.02. The summed E-state index contributed by atoms with van der Waals surface area (Å²) in [6.07, 6.45) is 28.6. The molecule has 0 saturated heterocycles. The van der Waals surface area contributed by atoms with Crippen molar-refractivity contribution in [2.45, 2.75) is 110 Å². The van der Waals surface area contributed by atoms with Crippen LogP contribution in [0.4, 0.5) is 0 Å². The monoisotopic (exact) mass is 366 g/mol. The first kappa shape index (κ1) is 25.4. The minimum absolute atomic E-state index is 0.450. The van der Waals surface area contributed by atoms with E-state index in [1.807, 2.05) is 0 Å². The van der Waals surface area contributed by atoms with Gasteiger partial charge in [0.15, 0.2) is 0 Å². The first-order valence-corrected chi connectivity index (χ1v) is 11.4. The van der Waals surface area contributed by atoms with Crippen molar-refractivity contribution in [1.29, 1.82) is 0 Å². The van der Waals surface area contributed by atoms with Crippen molar-refractivity contribution in [3.63, 3.8) is 0 Å². The highest BCUT2D eigenvalue weighted by molar-refractivity contribution is 4.82. The maximum atomic E-state index is 5.45. The fourth-order valence-corrected chi connectivity index (χ4v) is 2.81. The van der Waals surface area contributed by atoms with Gasteiger partial charge in [0.2, 0.25) is 0 Å². The van der Waals surface area contributed by atoms with Gasteiger partial charge in [-0.1, -0.05) is 89.5 Å². The van der Waals surface area contributed by atoms with E-state index < -0.39 is 0 Å². The molecule has 0 amide bonds. The van der Waals surface area contributed by atoms with Gasteiger partial charge in [0.1, 0.15) is 6.79 Å². The molecule has 0 saturated carbocycles. The maximum absolute atomic E-state index is 5.45. The molecule has 0 aromatic heterocycles. The number of hydrogen-bond acceptors (Lipinski definition) is 2. The highest BCUT2D eigenvalue weighted by atomic mass is 16.7. The fraction of sp³-hybridized carbons (Fsp3) is 0.833. The van der Waals surface area contributed by atoms with Crippen LogP contribution in [0.1, 0.15) is 110 Å². The molecule has 154 valence electrons. The Labute approximate surface area is 164 Å².